The molecule has 0 radical (unpaired) electrons. The van der Waals surface area contributed by atoms with E-state index in [1.165, 1.54) is 12.7 Å². The number of methoxy groups -OCH3 is 1. The zero-order chi connectivity index (χ0) is 15.7. The molecular weight excluding hydrogens is 276 g/mol. The molecule has 1 aliphatic rings. The van der Waals surface area contributed by atoms with Gasteiger partial charge in [-0.2, -0.15) is 0 Å². The van der Waals surface area contributed by atoms with Gasteiger partial charge < -0.3 is 10.1 Å². The zero-order valence-electron chi connectivity index (χ0n) is 13.3. The fourth-order valence-corrected chi connectivity index (χ4v) is 3.36. The number of aryl methyl sites for hydroxylation is 2. The molecule has 0 amide bonds. The molecule has 1 saturated carbocycles. The van der Waals surface area contributed by atoms with E-state index in [0.717, 1.165) is 41.4 Å². The number of rotatable bonds is 3. The standard InChI is InChI=1S/C18H22N2O2/c1-11-5-4-6-15-16(11)19-10-12(2)17(15)20-14-8-7-13(9-14)18(21)22-3/h4-6,10,13-14H,7-9H2,1-3H3,(H,19,20)/t13-,14+/m0/s1. The van der Waals surface area contributed by atoms with E-state index in [1.807, 2.05) is 6.20 Å². The van der Waals surface area contributed by atoms with E-state index in [0.29, 0.717) is 6.04 Å². The van der Waals surface area contributed by atoms with Crippen molar-refractivity contribution >= 4 is 22.6 Å². The van der Waals surface area contributed by atoms with Gasteiger partial charge in [-0.05, 0) is 44.2 Å². The third-order valence-electron chi connectivity index (χ3n) is 4.60. The number of pyridine rings is 1. The van der Waals surface area contributed by atoms with Gasteiger partial charge in [0.1, 0.15) is 0 Å². The number of anilines is 1. The van der Waals surface area contributed by atoms with Crippen LogP contribution in [0.4, 0.5) is 5.69 Å². The van der Waals surface area contributed by atoms with Crippen LogP contribution in [0.15, 0.2) is 24.4 Å². The lowest BCUT2D eigenvalue weighted by Gasteiger charge is -2.18. The zero-order valence-corrected chi connectivity index (χ0v) is 13.3. The molecule has 1 aromatic heterocycles. The van der Waals surface area contributed by atoms with Gasteiger partial charge in [-0.25, -0.2) is 0 Å². The van der Waals surface area contributed by atoms with E-state index in [2.05, 4.69) is 42.3 Å². The lowest BCUT2D eigenvalue weighted by molar-refractivity contribution is -0.145. The predicted octanol–water partition coefficient (Wildman–Crippen LogP) is 3.61. The molecule has 4 heteroatoms. The molecule has 0 saturated heterocycles. The Morgan fingerprint density at radius 1 is 1.27 bits per heavy atom. The van der Waals surface area contributed by atoms with Gasteiger partial charge in [-0.15, -0.1) is 0 Å². The summed E-state index contributed by atoms with van der Waals surface area (Å²) in [6, 6.07) is 6.57. The first-order valence-electron chi connectivity index (χ1n) is 7.79. The molecule has 0 spiro atoms. The number of benzene rings is 1. The van der Waals surface area contributed by atoms with Crippen LogP contribution in [0, 0.1) is 19.8 Å². The fraction of sp³-hybridized carbons (Fsp3) is 0.444. The van der Waals surface area contributed by atoms with Crippen molar-refractivity contribution < 1.29 is 9.53 Å². The summed E-state index contributed by atoms with van der Waals surface area (Å²) in [6.07, 6.45) is 4.65. The summed E-state index contributed by atoms with van der Waals surface area (Å²) in [5.41, 5.74) is 4.50. The van der Waals surface area contributed by atoms with Gasteiger partial charge in [0.25, 0.3) is 0 Å². The van der Waals surface area contributed by atoms with Crippen LogP contribution in [-0.2, 0) is 9.53 Å². The summed E-state index contributed by atoms with van der Waals surface area (Å²) in [4.78, 5) is 16.2. The lowest BCUT2D eigenvalue weighted by atomic mass is 10.1. The number of ether oxygens (including phenoxy) is 1. The fourth-order valence-electron chi connectivity index (χ4n) is 3.36. The van der Waals surface area contributed by atoms with Crippen molar-refractivity contribution in [1.29, 1.82) is 0 Å². The highest BCUT2D eigenvalue weighted by atomic mass is 16.5. The molecule has 0 unspecified atom stereocenters. The number of para-hydroxylation sites is 1. The van der Waals surface area contributed by atoms with Gasteiger partial charge in [0.2, 0.25) is 0 Å². The lowest BCUT2D eigenvalue weighted by Crippen LogP contribution is -2.19. The van der Waals surface area contributed by atoms with E-state index in [4.69, 9.17) is 4.74 Å². The average Bonchev–Trinajstić information content (AvgIpc) is 2.98. The predicted molar refractivity (Wildman–Crippen MR) is 88.0 cm³/mol. The number of esters is 1. The smallest absolute Gasteiger partial charge is 0.308 e. The van der Waals surface area contributed by atoms with Gasteiger partial charge in [-0.1, -0.05) is 18.2 Å². The third-order valence-corrected chi connectivity index (χ3v) is 4.60. The minimum atomic E-state index is -0.0866. The molecule has 0 aliphatic heterocycles. The Labute approximate surface area is 130 Å². The molecule has 22 heavy (non-hydrogen) atoms. The number of fused-ring (bicyclic) bond motifs is 1. The molecule has 1 fully saturated rings. The molecule has 2 atom stereocenters. The van der Waals surface area contributed by atoms with Crippen molar-refractivity contribution in [3.8, 4) is 0 Å². The minimum absolute atomic E-state index is 0.0256. The number of carbonyl (C=O) groups excluding carboxylic acids is 1. The SMILES string of the molecule is COC(=O)[C@H]1CC[C@@H](Nc2c(C)cnc3c(C)cccc23)C1. The first kappa shape index (κ1) is 14.8. The molecule has 2 aromatic rings. The van der Waals surface area contributed by atoms with Crippen LogP contribution in [0.2, 0.25) is 0 Å². The van der Waals surface area contributed by atoms with Crippen LogP contribution in [0.3, 0.4) is 0 Å². The Kier molecular flexibility index (Phi) is 4.01. The summed E-state index contributed by atoms with van der Waals surface area (Å²) in [5.74, 6) is -0.0610. The van der Waals surface area contributed by atoms with Crippen LogP contribution in [-0.4, -0.2) is 24.1 Å². The topological polar surface area (TPSA) is 51.2 Å². The Morgan fingerprint density at radius 2 is 2.09 bits per heavy atom. The maximum Gasteiger partial charge on any atom is 0.308 e. The summed E-state index contributed by atoms with van der Waals surface area (Å²) in [6.45, 7) is 4.15. The second-order valence-corrected chi connectivity index (χ2v) is 6.16. The maximum atomic E-state index is 11.7. The number of carbonyl (C=O) groups is 1. The number of nitrogens with one attached hydrogen (secondary N) is 1. The van der Waals surface area contributed by atoms with Gasteiger partial charge in [0.15, 0.2) is 0 Å². The summed E-state index contributed by atoms with van der Waals surface area (Å²) >= 11 is 0. The highest BCUT2D eigenvalue weighted by Crippen LogP contribution is 2.33. The van der Waals surface area contributed by atoms with Gasteiger partial charge in [0.05, 0.1) is 18.5 Å². The molecule has 0 bridgehead atoms. The van der Waals surface area contributed by atoms with E-state index in [-0.39, 0.29) is 11.9 Å². The molecule has 1 N–H and O–H groups in total. The third kappa shape index (κ3) is 2.65. The Bertz CT molecular complexity index is 712. The quantitative estimate of drug-likeness (QED) is 0.880. The van der Waals surface area contributed by atoms with E-state index >= 15 is 0 Å². The largest absolute Gasteiger partial charge is 0.469 e. The molecule has 3 rings (SSSR count). The summed E-state index contributed by atoms with van der Waals surface area (Å²) in [7, 11) is 1.46. The van der Waals surface area contributed by atoms with E-state index < -0.39 is 0 Å². The van der Waals surface area contributed by atoms with Gasteiger partial charge >= 0.3 is 5.97 Å². The second-order valence-electron chi connectivity index (χ2n) is 6.16. The average molecular weight is 298 g/mol. The second kappa shape index (κ2) is 5.95. The normalized spacial score (nSPS) is 21.0. The van der Waals surface area contributed by atoms with Crippen molar-refractivity contribution in [1.82, 2.24) is 4.98 Å². The van der Waals surface area contributed by atoms with Crippen molar-refractivity contribution in [2.75, 3.05) is 12.4 Å². The van der Waals surface area contributed by atoms with Crippen molar-refractivity contribution in [2.45, 2.75) is 39.2 Å². The molecular formula is C18H22N2O2. The van der Waals surface area contributed by atoms with Crippen molar-refractivity contribution in [3.05, 3.63) is 35.5 Å². The van der Waals surface area contributed by atoms with Crippen LogP contribution >= 0.6 is 0 Å². The summed E-state index contributed by atoms with van der Waals surface area (Å²) < 4.78 is 4.87. The van der Waals surface area contributed by atoms with Crippen molar-refractivity contribution in [2.24, 2.45) is 5.92 Å². The van der Waals surface area contributed by atoms with Gasteiger partial charge in [-0.3, -0.25) is 9.78 Å². The summed E-state index contributed by atoms with van der Waals surface area (Å²) in [5, 5.41) is 4.79. The first-order valence-corrected chi connectivity index (χ1v) is 7.79. The molecule has 4 nitrogen and oxygen atoms in total. The van der Waals surface area contributed by atoms with E-state index in [9.17, 15) is 4.79 Å². The Morgan fingerprint density at radius 3 is 2.86 bits per heavy atom. The van der Waals surface area contributed by atoms with Crippen LogP contribution in [0.1, 0.15) is 30.4 Å². The molecule has 1 heterocycles. The van der Waals surface area contributed by atoms with Gasteiger partial charge in [0, 0.05) is 23.3 Å². The van der Waals surface area contributed by atoms with Crippen LogP contribution in [0.5, 0.6) is 0 Å². The van der Waals surface area contributed by atoms with Crippen LogP contribution in [0.25, 0.3) is 10.9 Å². The highest BCUT2D eigenvalue weighted by molar-refractivity contribution is 5.94. The molecule has 1 aliphatic carbocycles. The number of hydrogen-bond acceptors (Lipinski definition) is 4. The minimum Gasteiger partial charge on any atom is -0.469 e. The van der Waals surface area contributed by atoms with E-state index in [1.54, 1.807) is 0 Å². The maximum absolute atomic E-state index is 11.7. The molecule has 116 valence electrons. The van der Waals surface area contributed by atoms with Crippen molar-refractivity contribution in [3.63, 3.8) is 0 Å². The Hall–Kier alpha value is -2.10. The first-order chi connectivity index (χ1) is 10.6. The highest BCUT2D eigenvalue weighted by Gasteiger charge is 2.31. The number of hydrogen-bond donors (Lipinski definition) is 1. The monoisotopic (exact) mass is 298 g/mol. The Balaban J connectivity index is 1.87. The number of aromatic nitrogens is 1. The number of nitrogens with zero attached hydrogens (tertiary/aromatic N) is 1. The van der Waals surface area contributed by atoms with Crippen LogP contribution < -0.4 is 5.32 Å². The molecule has 1 aromatic carbocycles.